The van der Waals surface area contributed by atoms with Crippen LogP contribution >= 0.6 is 0 Å². The zero-order chi connectivity index (χ0) is 18.4. The van der Waals surface area contributed by atoms with E-state index in [1.165, 1.54) is 0 Å². The van der Waals surface area contributed by atoms with E-state index < -0.39 is 0 Å². The van der Waals surface area contributed by atoms with Gasteiger partial charge in [-0.05, 0) is 42.0 Å². The molecular formula is C21H24N2O3. The first-order valence-corrected chi connectivity index (χ1v) is 8.89. The topological polar surface area (TPSA) is 67.4 Å². The predicted molar refractivity (Wildman–Crippen MR) is 99.8 cm³/mol. The first-order chi connectivity index (χ1) is 12.7. The highest BCUT2D eigenvalue weighted by molar-refractivity contribution is 5.85. The Morgan fingerprint density at radius 3 is 2.35 bits per heavy atom. The smallest absolute Gasteiger partial charge is 0.239 e. The Labute approximate surface area is 153 Å². The van der Waals surface area contributed by atoms with Crippen molar-refractivity contribution in [2.75, 3.05) is 13.7 Å². The SMILES string of the molecule is COc1ccc(C(NC(=O)CNC(=O)Cc2ccccc2)C2CC2)cc1. The molecule has 1 unspecified atom stereocenters. The summed E-state index contributed by atoms with van der Waals surface area (Å²) in [6, 6.07) is 17.2. The van der Waals surface area contributed by atoms with E-state index >= 15 is 0 Å². The lowest BCUT2D eigenvalue weighted by Crippen LogP contribution is -2.39. The van der Waals surface area contributed by atoms with Gasteiger partial charge < -0.3 is 15.4 Å². The third-order valence-corrected chi connectivity index (χ3v) is 4.54. The summed E-state index contributed by atoms with van der Waals surface area (Å²) in [7, 11) is 1.63. The van der Waals surface area contributed by atoms with Crippen LogP contribution in [0, 0.1) is 5.92 Å². The first-order valence-electron chi connectivity index (χ1n) is 8.89. The van der Waals surface area contributed by atoms with Crippen molar-refractivity contribution in [3.63, 3.8) is 0 Å². The maximum Gasteiger partial charge on any atom is 0.239 e. The van der Waals surface area contributed by atoms with Crippen LogP contribution in [0.4, 0.5) is 0 Å². The minimum Gasteiger partial charge on any atom is -0.497 e. The van der Waals surface area contributed by atoms with Crippen LogP contribution in [0.15, 0.2) is 54.6 Å². The molecular weight excluding hydrogens is 328 g/mol. The van der Waals surface area contributed by atoms with Crippen molar-refractivity contribution in [1.29, 1.82) is 0 Å². The van der Waals surface area contributed by atoms with Gasteiger partial charge >= 0.3 is 0 Å². The fraction of sp³-hybridized carbons (Fsp3) is 0.333. The fourth-order valence-corrected chi connectivity index (χ4v) is 2.96. The lowest BCUT2D eigenvalue weighted by atomic mass is 10.0. The normalized spacial score (nSPS) is 14.3. The van der Waals surface area contributed by atoms with Crippen LogP contribution in [0.2, 0.25) is 0 Å². The largest absolute Gasteiger partial charge is 0.497 e. The highest BCUT2D eigenvalue weighted by Crippen LogP contribution is 2.41. The van der Waals surface area contributed by atoms with Crippen molar-refractivity contribution in [3.8, 4) is 5.75 Å². The van der Waals surface area contributed by atoms with E-state index in [1.54, 1.807) is 7.11 Å². The van der Waals surface area contributed by atoms with Crippen LogP contribution in [0.5, 0.6) is 5.75 Å². The van der Waals surface area contributed by atoms with Gasteiger partial charge in [0.05, 0.1) is 26.1 Å². The average molecular weight is 352 g/mol. The molecule has 2 amide bonds. The molecule has 1 saturated carbocycles. The molecule has 0 radical (unpaired) electrons. The maximum absolute atomic E-state index is 12.3. The highest BCUT2D eigenvalue weighted by Gasteiger charge is 2.33. The summed E-state index contributed by atoms with van der Waals surface area (Å²) in [5.74, 6) is 0.938. The number of hydrogen-bond donors (Lipinski definition) is 2. The second-order valence-corrected chi connectivity index (χ2v) is 6.59. The molecule has 0 saturated heterocycles. The molecule has 1 aliphatic rings. The monoisotopic (exact) mass is 352 g/mol. The van der Waals surface area contributed by atoms with Crippen molar-refractivity contribution in [3.05, 3.63) is 65.7 Å². The van der Waals surface area contributed by atoms with Gasteiger partial charge in [0.25, 0.3) is 0 Å². The van der Waals surface area contributed by atoms with Crippen molar-refractivity contribution in [2.45, 2.75) is 25.3 Å². The Kier molecular flexibility index (Phi) is 5.89. The number of methoxy groups -OCH3 is 1. The second-order valence-electron chi connectivity index (χ2n) is 6.59. The average Bonchev–Trinajstić information content (AvgIpc) is 3.50. The quantitative estimate of drug-likeness (QED) is 0.767. The van der Waals surface area contributed by atoms with Gasteiger partial charge in [-0.15, -0.1) is 0 Å². The van der Waals surface area contributed by atoms with E-state index in [9.17, 15) is 9.59 Å². The zero-order valence-electron chi connectivity index (χ0n) is 14.9. The lowest BCUT2D eigenvalue weighted by Gasteiger charge is -2.19. The van der Waals surface area contributed by atoms with E-state index in [4.69, 9.17) is 4.74 Å². The van der Waals surface area contributed by atoms with Gasteiger partial charge in [0, 0.05) is 0 Å². The van der Waals surface area contributed by atoms with Gasteiger partial charge in [0.2, 0.25) is 11.8 Å². The lowest BCUT2D eigenvalue weighted by molar-refractivity contribution is -0.126. The molecule has 0 heterocycles. The van der Waals surface area contributed by atoms with Crippen molar-refractivity contribution in [2.24, 2.45) is 5.92 Å². The molecule has 0 aromatic heterocycles. The van der Waals surface area contributed by atoms with Crippen LogP contribution in [0.3, 0.4) is 0 Å². The van der Waals surface area contributed by atoms with Gasteiger partial charge in [-0.25, -0.2) is 0 Å². The molecule has 26 heavy (non-hydrogen) atoms. The molecule has 0 bridgehead atoms. The standard InChI is InChI=1S/C21H24N2O3/c1-26-18-11-9-17(10-12-18)21(16-7-8-16)23-20(25)14-22-19(24)13-15-5-3-2-4-6-15/h2-6,9-12,16,21H,7-8,13-14H2,1H3,(H,22,24)(H,23,25). The summed E-state index contributed by atoms with van der Waals surface area (Å²) >= 11 is 0. The summed E-state index contributed by atoms with van der Waals surface area (Å²) in [5, 5.41) is 5.75. The summed E-state index contributed by atoms with van der Waals surface area (Å²) in [6.45, 7) is -0.00889. The number of amides is 2. The van der Waals surface area contributed by atoms with Crippen molar-refractivity contribution in [1.82, 2.24) is 10.6 Å². The van der Waals surface area contributed by atoms with Gasteiger partial charge in [0.15, 0.2) is 0 Å². The summed E-state index contributed by atoms with van der Waals surface area (Å²) in [6.07, 6.45) is 2.49. The summed E-state index contributed by atoms with van der Waals surface area (Å²) < 4.78 is 5.19. The number of nitrogens with one attached hydrogen (secondary N) is 2. The van der Waals surface area contributed by atoms with Gasteiger partial charge in [-0.2, -0.15) is 0 Å². The van der Waals surface area contributed by atoms with E-state index in [1.807, 2.05) is 54.6 Å². The molecule has 5 heteroatoms. The van der Waals surface area contributed by atoms with E-state index in [2.05, 4.69) is 10.6 Å². The fourth-order valence-electron chi connectivity index (χ4n) is 2.96. The minimum atomic E-state index is -0.167. The van der Waals surface area contributed by atoms with Gasteiger partial charge in [-0.1, -0.05) is 42.5 Å². The molecule has 0 aliphatic heterocycles. The first kappa shape index (κ1) is 18.0. The number of rotatable bonds is 8. The zero-order valence-corrected chi connectivity index (χ0v) is 14.9. The van der Waals surface area contributed by atoms with Crippen LogP contribution < -0.4 is 15.4 Å². The van der Waals surface area contributed by atoms with E-state index in [0.29, 0.717) is 5.92 Å². The van der Waals surface area contributed by atoms with Gasteiger partial charge in [0.1, 0.15) is 5.75 Å². The van der Waals surface area contributed by atoms with Crippen LogP contribution in [-0.4, -0.2) is 25.5 Å². The summed E-state index contributed by atoms with van der Waals surface area (Å²) in [4.78, 5) is 24.3. The van der Waals surface area contributed by atoms with Crippen molar-refractivity contribution < 1.29 is 14.3 Å². The minimum absolute atomic E-state index is 0.00889. The molecule has 5 nitrogen and oxygen atoms in total. The molecule has 0 spiro atoms. The molecule has 136 valence electrons. The molecule has 1 aliphatic carbocycles. The Morgan fingerprint density at radius 2 is 1.73 bits per heavy atom. The molecule has 1 atom stereocenters. The van der Waals surface area contributed by atoms with Crippen LogP contribution in [-0.2, 0) is 16.0 Å². The van der Waals surface area contributed by atoms with Crippen molar-refractivity contribution >= 4 is 11.8 Å². The van der Waals surface area contributed by atoms with Crippen LogP contribution in [0.25, 0.3) is 0 Å². The number of carbonyl (C=O) groups excluding carboxylic acids is 2. The van der Waals surface area contributed by atoms with Crippen LogP contribution in [0.1, 0.15) is 30.0 Å². The number of hydrogen-bond acceptors (Lipinski definition) is 3. The third-order valence-electron chi connectivity index (χ3n) is 4.54. The predicted octanol–water partition coefficient (Wildman–Crippen LogP) is 2.62. The second kappa shape index (κ2) is 8.52. The molecule has 2 N–H and O–H groups in total. The number of carbonyl (C=O) groups is 2. The maximum atomic E-state index is 12.3. The Morgan fingerprint density at radius 1 is 1.04 bits per heavy atom. The Bertz CT molecular complexity index is 740. The van der Waals surface area contributed by atoms with E-state index in [-0.39, 0.29) is 30.8 Å². The summed E-state index contributed by atoms with van der Waals surface area (Å²) in [5.41, 5.74) is 2.00. The molecule has 1 fully saturated rings. The molecule has 3 rings (SSSR count). The van der Waals surface area contributed by atoms with E-state index in [0.717, 1.165) is 29.7 Å². The Hall–Kier alpha value is -2.82. The van der Waals surface area contributed by atoms with Gasteiger partial charge in [-0.3, -0.25) is 9.59 Å². The highest BCUT2D eigenvalue weighted by atomic mass is 16.5. The number of benzene rings is 2. The number of ether oxygens (including phenoxy) is 1. The Balaban J connectivity index is 1.51. The third kappa shape index (κ3) is 5.09. The molecule has 2 aromatic rings. The molecule has 2 aromatic carbocycles.